The van der Waals surface area contributed by atoms with E-state index in [9.17, 15) is 22.0 Å². The van der Waals surface area contributed by atoms with Crippen molar-refractivity contribution in [3.63, 3.8) is 0 Å². The van der Waals surface area contributed by atoms with E-state index in [1.165, 1.54) is 19.2 Å². The number of hydrogen-bond donors (Lipinski definition) is 1. The summed E-state index contributed by atoms with van der Waals surface area (Å²) in [5, 5.41) is 0. The first-order valence-electron chi connectivity index (χ1n) is 4.64. The Morgan fingerprint density at radius 2 is 1.74 bits per heavy atom. The van der Waals surface area contributed by atoms with Gasteiger partial charge in [0.25, 0.3) is 0 Å². The van der Waals surface area contributed by atoms with Crippen molar-refractivity contribution in [2.24, 2.45) is 5.73 Å². The Morgan fingerprint density at radius 3 is 2.16 bits per heavy atom. The van der Waals surface area contributed by atoms with Crippen LogP contribution in [0.2, 0.25) is 0 Å². The van der Waals surface area contributed by atoms with Gasteiger partial charge in [-0.1, -0.05) is 15.9 Å². The number of rotatable bonds is 3. The molecule has 2 N–H and O–H groups in total. The Labute approximate surface area is 120 Å². The molecule has 0 amide bonds. The van der Waals surface area contributed by atoms with Gasteiger partial charge in [0.2, 0.25) is 0 Å². The zero-order valence-corrected chi connectivity index (χ0v) is 11.9. The smallest absolute Gasteiger partial charge is 0.455 e. The predicted molar refractivity (Wildman–Crippen MR) is 65.9 cm³/mol. The van der Waals surface area contributed by atoms with Gasteiger partial charge >= 0.3 is 12.1 Å². The molecule has 1 rings (SSSR count). The minimum atomic E-state index is -5.71. The molecule has 9 heteroatoms. The molecule has 0 radical (unpaired) electrons. The van der Waals surface area contributed by atoms with E-state index in [1.54, 1.807) is 0 Å². The summed E-state index contributed by atoms with van der Waals surface area (Å²) in [6.07, 6.45) is -5.71. The van der Waals surface area contributed by atoms with Crippen molar-refractivity contribution in [2.45, 2.75) is 18.1 Å². The van der Waals surface area contributed by atoms with E-state index in [0.29, 0.717) is 0 Å². The molecule has 0 aliphatic heterocycles. The lowest BCUT2D eigenvalue weighted by Crippen LogP contribution is -2.46. The largest absolute Gasteiger partial charge is 0.497 e. The lowest BCUT2D eigenvalue weighted by Gasteiger charge is -2.26. The van der Waals surface area contributed by atoms with Crippen molar-refractivity contribution in [2.75, 3.05) is 7.11 Å². The number of nitrogens with two attached hydrogens (primary N) is 1. The highest BCUT2D eigenvalue weighted by Gasteiger charge is 2.62. The molecule has 0 aromatic heterocycles. The second-order valence-corrected chi connectivity index (χ2v) is 4.34. The van der Waals surface area contributed by atoms with Gasteiger partial charge in [0, 0.05) is 4.47 Å². The predicted octanol–water partition coefficient (Wildman–Crippen LogP) is 4.08. The molecule has 1 aromatic rings. The highest BCUT2D eigenvalue weighted by Crippen LogP contribution is 2.45. The van der Waals surface area contributed by atoms with Gasteiger partial charge < -0.3 is 10.5 Å². The van der Waals surface area contributed by atoms with Gasteiger partial charge in [0.15, 0.2) is 0 Å². The zero-order valence-electron chi connectivity index (χ0n) is 9.47. The summed E-state index contributed by atoms with van der Waals surface area (Å²) in [6.45, 7) is 0. The maximum atomic E-state index is 13.1. The average Bonchev–Trinajstić information content (AvgIpc) is 2.27. The molecule has 0 heterocycles. The summed E-state index contributed by atoms with van der Waals surface area (Å²) in [6, 6.07) is 1.22. The summed E-state index contributed by atoms with van der Waals surface area (Å²) in [5.41, 5.74) is 4.65. The molecule has 1 aromatic carbocycles. The van der Waals surface area contributed by atoms with Gasteiger partial charge in [0.1, 0.15) is 11.8 Å². The van der Waals surface area contributed by atoms with Crippen LogP contribution in [0.1, 0.15) is 11.6 Å². The van der Waals surface area contributed by atoms with Gasteiger partial charge in [-0.15, -0.1) is 12.4 Å². The Kier molecular flexibility index (Phi) is 6.04. The molecular formula is C10H10BrClF5NO. The number of halogens is 7. The maximum absolute atomic E-state index is 13.1. The molecule has 0 aliphatic rings. The number of hydrogen-bond acceptors (Lipinski definition) is 2. The molecule has 0 saturated carbocycles. The van der Waals surface area contributed by atoms with Crippen LogP contribution in [0, 0.1) is 0 Å². The topological polar surface area (TPSA) is 35.2 Å². The molecule has 0 unspecified atom stereocenters. The normalized spacial score (nSPS) is 13.7. The van der Waals surface area contributed by atoms with Crippen LogP contribution in [0.3, 0.4) is 0 Å². The molecule has 110 valence electrons. The van der Waals surface area contributed by atoms with Gasteiger partial charge in [-0.3, -0.25) is 0 Å². The van der Waals surface area contributed by atoms with Crippen LogP contribution >= 0.6 is 28.3 Å². The second-order valence-electron chi connectivity index (χ2n) is 3.49. The minimum absolute atomic E-state index is 0. The van der Waals surface area contributed by atoms with Crippen LogP contribution in [0.15, 0.2) is 22.7 Å². The van der Waals surface area contributed by atoms with Crippen molar-refractivity contribution >= 4 is 28.3 Å². The standard InChI is InChI=1S/C10H9BrF5NO.ClH/c1-18-5-2-3-7(11)6(4-5)8(17)9(12,13)10(14,15)16;/h2-4,8H,17H2,1H3;1H/t8-;/m0./s1. The minimum Gasteiger partial charge on any atom is -0.497 e. The van der Waals surface area contributed by atoms with E-state index < -0.39 is 18.1 Å². The first-order valence-corrected chi connectivity index (χ1v) is 5.44. The number of ether oxygens (including phenoxy) is 1. The van der Waals surface area contributed by atoms with Gasteiger partial charge in [-0.25, -0.2) is 0 Å². The fraction of sp³-hybridized carbons (Fsp3) is 0.400. The molecule has 19 heavy (non-hydrogen) atoms. The van der Waals surface area contributed by atoms with Crippen molar-refractivity contribution < 1.29 is 26.7 Å². The highest BCUT2D eigenvalue weighted by atomic mass is 79.9. The Balaban J connectivity index is 0.00000324. The highest BCUT2D eigenvalue weighted by molar-refractivity contribution is 9.10. The third-order valence-corrected chi connectivity index (χ3v) is 3.03. The fourth-order valence-corrected chi connectivity index (χ4v) is 1.75. The molecule has 0 fully saturated rings. The van der Waals surface area contributed by atoms with Gasteiger partial charge in [0.05, 0.1) is 7.11 Å². The van der Waals surface area contributed by atoms with Crippen molar-refractivity contribution in [3.8, 4) is 5.75 Å². The van der Waals surface area contributed by atoms with E-state index in [0.717, 1.165) is 6.07 Å². The van der Waals surface area contributed by atoms with Crippen LogP contribution in [0.4, 0.5) is 22.0 Å². The lowest BCUT2D eigenvalue weighted by atomic mass is 10.0. The first-order chi connectivity index (χ1) is 8.11. The van der Waals surface area contributed by atoms with Crippen molar-refractivity contribution in [1.82, 2.24) is 0 Å². The summed E-state index contributed by atoms with van der Waals surface area (Å²) >= 11 is 2.88. The van der Waals surface area contributed by atoms with E-state index in [-0.39, 0.29) is 28.2 Å². The van der Waals surface area contributed by atoms with Gasteiger partial charge in [-0.2, -0.15) is 22.0 Å². The lowest BCUT2D eigenvalue weighted by molar-refractivity contribution is -0.291. The first kappa shape index (κ1) is 18.4. The van der Waals surface area contributed by atoms with Crippen LogP contribution < -0.4 is 10.5 Å². The van der Waals surface area contributed by atoms with Crippen molar-refractivity contribution in [3.05, 3.63) is 28.2 Å². The summed E-state index contributed by atoms with van der Waals surface area (Å²) in [5.74, 6) is -4.89. The SMILES string of the molecule is COc1ccc(Br)c([C@H](N)C(F)(F)C(F)(F)F)c1.Cl. The third kappa shape index (κ3) is 3.70. The number of methoxy groups -OCH3 is 1. The molecular weight excluding hydrogens is 360 g/mol. The number of benzene rings is 1. The fourth-order valence-electron chi connectivity index (χ4n) is 1.26. The zero-order chi connectivity index (χ0) is 14.1. The van der Waals surface area contributed by atoms with Crippen LogP contribution in [-0.4, -0.2) is 19.2 Å². The molecule has 0 saturated heterocycles. The summed E-state index contributed by atoms with van der Waals surface area (Å²) < 4.78 is 67.7. The molecule has 0 spiro atoms. The summed E-state index contributed by atoms with van der Waals surface area (Å²) in [4.78, 5) is 0. The molecule has 1 atom stereocenters. The van der Waals surface area contributed by atoms with E-state index in [2.05, 4.69) is 15.9 Å². The quantitative estimate of drug-likeness (QED) is 0.814. The Hall–Kier alpha value is -0.600. The Bertz CT molecular complexity index is 440. The van der Waals surface area contributed by atoms with E-state index >= 15 is 0 Å². The van der Waals surface area contributed by atoms with E-state index in [1.807, 2.05) is 0 Å². The maximum Gasteiger partial charge on any atom is 0.455 e. The average molecular weight is 371 g/mol. The van der Waals surface area contributed by atoms with E-state index in [4.69, 9.17) is 10.5 Å². The summed E-state index contributed by atoms with van der Waals surface area (Å²) in [7, 11) is 1.26. The van der Waals surface area contributed by atoms with Crippen molar-refractivity contribution in [1.29, 1.82) is 0 Å². The van der Waals surface area contributed by atoms with Gasteiger partial charge in [-0.05, 0) is 23.8 Å². The molecule has 0 bridgehead atoms. The monoisotopic (exact) mass is 369 g/mol. The Morgan fingerprint density at radius 1 is 1.21 bits per heavy atom. The number of alkyl halides is 5. The molecule has 0 aliphatic carbocycles. The van der Waals surface area contributed by atoms with Crippen LogP contribution in [0.5, 0.6) is 5.75 Å². The second kappa shape index (κ2) is 6.23. The van der Waals surface area contributed by atoms with Crippen LogP contribution in [0.25, 0.3) is 0 Å². The molecule has 2 nitrogen and oxygen atoms in total. The van der Waals surface area contributed by atoms with Crippen LogP contribution in [-0.2, 0) is 0 Å². The third-order valence-electron chi connectivity index (χ3n) is 2.31.